The molecule has 0 aromatic heterocycles. The summed E-state index contributed by atoms with van der Waals surface area (Å²) in [6.45, 7) is 9.99. The average Bonchev–Trinajstić information content (AvgIpc) is 3.49. The third-order valence-electron chi connectivity index (χ3n) is 8.59. The average molecular weight is 580 g/mol. The van der Waals surface area contributed by atoms with Gasteiger partial charge in [-0.2, -0.15) is 0 Å². The van der Waals surface area contributed by atoms with Crippen LogP contribution in [0.1, 0.15) is 53.0 Å². The monoisotopic (exact) mass is 579 g/mol. The van der Waals surface area contributed by atoms with E-state index in [1.165, 1.54) is 0 Å². The lowest BCUT2D eigenvalue weighted by molar-refractivity contribution is -0.142. The third kappa shape index (κ3) is 5.34. The molecule has 5 rings (SSSR count). The number of amides is 3. The third-order valence-corrected chi connectivity index (χ3v) is 10.6. The summed E-state index contributed by atoms with van der Waals surface area (Å²) in [5.41, 5.74) is 1.09. The number of hydrogen-bond acceptors (Lipinski definition) is 6. The van der Waals surface area contributed by atoms with Gasteiger partial charge in [-0.1, -0.05) is 30.3 Å². The second kappa shape index (κ2) is 11.0. The Labute approximate surface area is 246 Å². The number of carbonyl (C=O) groups is 3. The highest BCUT2D eigenvalue weighted by atomic mass is 32.2. The number of nitrogens with zero attached hydrogens (tertiary/aromatic N) is 1. The number of thioether (sulfide) groups is 1. The van der Waals surface area contributed by atoms with Gasteiger partial charge in [0.1, 0.15) is 11.8 Å². The highest BCUT2D eigenvalue weighted by molar-refractivity contribution is 8.02. The van der Waals surface area contributed by atoms with Crippen LogP contribution in [0.25, 0.3) is 0 Å². The zero-order valence-corrected chi connectivity index (χ0v) is 25.3. The van der Waals surface area contributed by atoms with E-state index in [9.17, 15) is 19.5 Å². The molecule has 2 aromatic carbocycles. The maximum absolute atomic E-state index is 14.5. The van der Waals surface area contributed by atoms with Crippen LogP contribution in [-0.2, 0) is 20.8 Å². The highest BCUT2D eigenvalue weighted by Crippen LogP contribution is 2.71. The van der Waals surface area contributed by atoms with Gasteiger partial charge in [0.05, 0.1) is 35.8 Å². The normalized spacial score (nSPS) is 29.3. The summed E-state index contributed by atoms with van der Waals surface area (Å²) in [6.07, 6.45) is 1.79. The lowest BCUT2D eigenvalue weighted by atomic mass is 9.66. The number of anilines is 1. The van der Waals surface area contributed by atoms with E-state index in [-0.39, 0.29) is 24.3 Å². The molecular formula is C32H41N3O5S. The number of rotatable bonds is 9. The largest absolute Gasteiger partial charge is 0.494 e. The summed E-state index contributed by atoms with van der Waals surface area (Å²) in [4.78, 5) is 44.1. The zero-order chi connectivity index (χ0) is 29.6. The summed E-state index contributed by atoms with van der Waals surface area (Å²) >= 11 is 1.63. The maximum Gasteiger partial charge on any atom is 0.244 e. The molecule has 2 unspecified atom stereocenters. The number of benzene rings is 2. The molecule has 3 fully saturated rings. The second-order valence-electron chi connectivity index (χ2n) is 12.7. The first-order valence-electron chi connectivity index (χ1n) is 14.5. The predicted octanol–water partition coefficient (Wildman–Crippen LogP) is 4.02. The SMILES string of the molecule is CCOc1ccc(NC(=O)[C@@H]2[C@H]3C(=O)N([C@@H](CO)Cc4ccccc4)C(C(=O)NC(C)(C)C)C34CC[C@@]2(C)S4)cc1. The fraction of sp³-hybridized carbons (Fsp3) is 0.531. The first kappa shape index (κ1) is 29.5. The Kier molecular flexibility index (Phi) is 7.89. The lowest BCUT2D eigenvalue weighted by Crippen LogP contribution is -2.59. The molecule has 3 amide bonds. The standard InChI is InChI=1S/C32H41N3O5S/c1-6-40-23-14-12-21(13-15-23)33-27(37)24-25-29(39)35(22(19-36)18-20-10-8-7-9-11-20)26(28(38)34-30(2,3)4)32(25)17-16-31(24,5)41-32/h7-15,22,24-26,36H,6,16-19H2,1-5H3,(H,33,37)(H,34,38)/t22-,24+,25+,26?,31-,32?/m1/s1. The number of carbonyl (C=O) groups excluding carboxylic acids is 3. The minimum absolute atomic E-state index is 0.218. The van der Waals surface area contributed by atoms with Crippen LogP contribution in [0, 0.1) is 11.8 Å². The van der Waals surface area contributed by atoms with Crippen molar-refractivity contribution in [2.24, 2.45) is 11.8 Å². The first-order valence-corrected chi connectivity index (χ1v) is 15.3. The van der Waals surface area contributed by atoms with Gasteiger partial charge in [-0.05, 0) is 83.7 Å². The summed E-state index contributed by atoms with van der Waals surface area (Å²) in [6, 6.07) is 15.5. The minimum Gasteiger partial charge on any atom is -0.494 e. The van der Waals surface area contributed by atoms with Crippen molar-refractivity contribution in [3.8, 4) is 5.75 Å². The highest BCUT2D eigenvalue weighted by Gasteiger charge is 2.77. The Morgan fingerprint density at radius 2 is 1.78 bits per heavy atom. The van der Waals surface area contributed by atoms with Crippen molar-refractivity contribution in [2.75, 3.05) is 18.5 Å². The summed E-state index contributed by atoms with van der Waals surface area (Å²) in [5, 5.41) is 16.7. The van der Waals surface area contributed by atoms with Crippen LogP contribution in [0.3, 0.4) is 0 Å². The number of fused-ring (bicyclic) bond motifs is 1. The molecule has 9 heteroatoms. The van der Waals surface area contributed by atoms with Gasteiger partial charge in [0.25, 0.3) is 0 Å². The Morgan fingerprint density at radius 3 is 2.39 bits per heavy atom. The topological polar surface area (TPSA) is 108 Å². The molecule has 6 atom stereocenters. The molecule has 220 valence electrons. The van der Waals surface area contributed by atoms with E-state index in [4.69, 9.17) is 4.74 Å². The molecule has 3 heterocycles. The molecule has 1 spiro atoms. The minimum atomic E-state index is -0.796. The number of nitrogens with one attached hydrogen (secondary N) is 2. The lowest BCUT2D eigenvalue weighted by Gasteiger charge is -2.38. The van der Waals surface area contributed by atoms with Crippen molar-refractivity contribution >= 4 is 35.2 Å². The van der Waals surface area contributed by atoms with Crippen LogP contribution in [0.2, 0.25) is 0 Å². The van der Waals surface area contributed by atoms with Gasteiger partial charge in [0, 0.05) is 16.0 Å². The van der Waals surface area contributed by atoms with Gasteiger partial charge in [0.2, 0.25) is 17.7 Å². The van der Waals surface area contributed by atoms with Crippen LogP contribution in [0.15, 0.2) is 54.6 Å². The molecule has 2 aromatic rings. The number of aliphatic hydroxyl groups excluding tert-OH is 1. The fourth-order valence-corrected chi connectivity index (χ4v) is 9.40. The van der Waals surface area contributed by atoms with E-state index in [0.717, 1.165) is 17.7 Å². The van der Waals surface area contributed by atoms with Crippen molar-refractivity contribution < 1.29 is 24.2 Å². The second-order valence-corrected chi connectivity index (χ2v) is 14.6. The quantitative estimate of drug-likeness (QED) is 0.414. The van der Waals surface area contributed by atoms with E-state index < -0.39 is 39.0 Å². The zero-order valence-electron chi connectivity index (χ0n) is 24.5. The number of hydrogen-bond donors (Lipinski definition) is 3. The molecule has 8 nitrogen and oxygen atoms in total. The summed E-state index contributed by atoms with van der Waals surface area (Å²) < 4.78 is 4.28. The Balaban J connectivity index is 1.51. The molecule has 3 N–H and O–H groups in total. The van der Waals surface area contributed by atoms with Crippen LogP contribution in [0.4, 0.5) is 5.69 Å². The van der Waals surface area contributed by atoms with Gasteiger partial charge in [-0.25, -0.2) is 0 Å². The van der Waals surface area contributed by atoms with Crippen LogP contribution >= 0.6 is 11.8 Å². The van der Waals surface area contributed by atoms with Crippen LogP contribution in [-0.4, -0.2) is 68.1 Å². The van der Waals surface area contributed by atoms with Crippen molar-refractivity contribution in [1.82, 2.24) is 10.2 Å². The van der Waals surface area contributed by atoms with E-state index >= 15 is 0 Å². The van der Waals surface area contributed by atoms with Gasteiger partial charge in [-0.15, -0.1) is 11.8 Å². The molecule has 3 aliphatic heterocycles. The molecule has 2 bridgehead atoms. The molecule has 3 aliphatic rings. The van der Waals surface area contributed by atoms with Crippen LogP contribution < -0.4 is 15.4 Å². The number of ether oxygens (including phenoxy) is 1. The van der Waals surface area contributed by atoms with E-state index in [1.54, 1.807) is 28.8 Å². The molecule has 3 saturated heterocycles. The van der Waals surface area contributed by atoms with E-state index in [0.29, 0.717) is 25.1 Å². The molecule has 0 radical (unpaired) electrons. The van der Waals surface area contributed by atoms with Crippen molar-refractivity contribution in [3.05, 3.63) is 60.2 Å². The van der Waals surface area contributed by atoms with Crippen molar-refractivity contribution in [3.63, 3.8) is 0 Å². The molecule has 41 heavy (non-hydrogen) atoms. The first-order chi connectivity index (χ1) is 19.4. The van der Waals surface area contributed by atoms with Gasteiger partial charge >= 0.3 is 0 Å². The molecule has 0 saturated carbocycles. The Hall–Kier alpha value is -3.04. The van der Waals surface area contributed by atoms with Crippen LogP contribution in [0.5, 0.6) is 5.75 Å². The van der Waals surface area contributed by atoms with Gasteiger partial charge in [0.15, 0.2) is 0 Å². The Bertz CT molecular complexity index is 1300. The fourth-order valence-electron chi connectivity index (χ4n) is 7.05. The number of aliphatic hydroxyl groups is 1. The van der Waals surface area contributed by atoms with Gasteiger partial charge in [-0.3, -0.25) is 14.4 Å². The van der Waals surface area contributed by atoms with Gasteiger partial charge < -0.3 is 25.4 Å². The van der Waals surface area contributed by atoms with Crippen molar-refractivity contribution in [1.29, 1.82) is 0 Å². The smallest absolute Gasteiger partial charge is 0.244 e. The van der Waals surface area contributed by atoms with Crippen molar-refractivity contribution in [2.45, 2.75) is 81.0 Å². The molecule has 0 aliphatic carbocycles. The maximum atomic E-state index is 14.5. The predicted molar refractivity (Wildman–Crippen MR) is 161 cm³/mol. The summed E-state index contributed by atoms with van der Waals surface area (Å²) in [5.74, 6) is -1.25. The Morgan fingerprint density at radius 1 is 1.10 bits per heavy atom. The summed E-state index contributed by atoms with van der Waals surface area (Å²) in [7, 11) is 0. The number of likely N-dealkylation sites (tertiary alicyclic amines) is 1. The van der Waals surface area contributed by atoms with E-state index in [2.05, 4.69) is 17.6 Å². The van der Waals surface area contributed by atoms with E-state index in [1.807, 2.05) is 70.2 Å². The molecular weight excluding hydrogens is 538 g/mol.